The number of aromatic nitrogens is 5. The lowest BCUT2D eigenvalue weighted by Gasteiger charge is -2.19. The lowest BCUT2D eigenvalue weighted by atomic mass is 10.4. The zero-order valence-corrected chi connectivity index (χ0v) is 11.7. The Bertz CT molecular complexity index is 626. The van der Waals surface area contributed by atoms with E-state index in [1.165, 1.54) is 0 Å². The number of anilines is 2. The fourth-order valence-corrected chi connectivity index (χ4v) is 2.08. The third-order valence-corrected chi connectivity index (χ3v) is 3.12. The van der Waals surface area contributed by atoms with Crippen molar-refractivity contribution in [3.05, 3.63) is 18.7 Å². The Labute approximate surface area is 121 Å². The zero-order chi connectivity index (χ0) is 14.7. The number of hydrogen-bond acceptors (Lipinski definition) is 7. The monoisotopic (exact) mass is 288 g/mol. The van der Waals surface area contributed by atoms with Crippen LogP contribution in [0, 0.1) is 0 Å². The van der Waals surface area contributed by atoms with Crippen molar-refractivity contribution in [2.24, 2.45) is 0 Å². The molecular formula is C12H16N8O. The van der Waals surface area contributed by atoms with Gasteiger partial charge in [-0.15, -0.1) is 0 Å². The number of amides is 1. The summed E-state index contributed by atoms with van der Waals surface area (Å²) in [5.74, 6) is 1.37. The minimum absolute atomic E-state index is 0.0249. The molecule has 3 heterocycles. The van der Waals surface area contributed by atoms with E-state index in [4.69, 9.17) is 0 Å². The number of nitrogens with one attached hydrogen (secondary N) is 2. The predicted molar refractivity (Wildman–Crippen MR) is 76.3 cm³/mol. The van der Waals surface area contributed by atoms with Crippen LogP contribution in [0.25, 0.3) is 5.95 Å². The number of carbonyl (C=O) groups excluding carboxylic acids is 1. The third-order valence-electron chi connectivity index (χ3n) is 3.12. The molecule has 0 aliphatic carbocycles. The van der Waals surface area contributed by atoms with E-state index >= 15 is 0 Å². The van der Waals surface area contributed by atoms with Gasteiger partial charge in [0.15, 0.2) is 0 Å². The SMILES string of the molecule is CNc1nc(N2CCCNC(=O)C2)nc(-n2ccnc2)n1. The maximum absolute atomic E-state index is 11.7. The Morgan fingerprint density at radius 3 is 2.90 bits per heavy atom. The van der Waals surface area contributed by atoms with E-state index in [2.05, 4.69) is 30.6 Å². The molecule has 1 amide bonds. The van der Waals surface area contributed by atoms with Gasteiger partial charge in [-0.3, -0.25) is 9.36 Å². The average Bonchev–Trinajstić information content (AvgIpc) is 2.96. The molecule has 1 fully saturated rings. The van der Waals surface area contributed by atoms with Crippen LogP contribution >= 0.6 is 0 Å². The van der Waals surface area contributed by atoms with Crippen LogP contribution in [0.2, 0.25) is 0 Å². The van der Waals surface area contributed by atoms with Crippen LogP contribution in [-0.2, 0) is 4.79 Å². The number of carbonyl (C=O) groups is 1. The summed E-state index contributed by atoms with van der Waals surface area (Å²) in [5.41, 5.74) is 0. The van der Waals surface area contributed by atoms with E-state index in [1.54, 1.807) is 30.3 Å². The first-order chi connectivity index (χ1) is 10.3. The molecule has 0 aromatic carbocycles. The molecule has 2 N–H and O–H groups in total. The fraction of sp³-hybridized carbons (Fsp3) is 0.417. The topological polar surface area (TPSA) is 101 Å². The number of hydrogen-bond donors (Lipinski definition) is 2. The Hall–Kier alpha value is -2.71. The van der Waals surface area contributed by atoms with Gasteiger partial charge < -0.3 is 15.5 Å². The van der Waals surface area contributed by atoms with E-state index in [9.17, 15) is 4.79 Å². The number of nitrogens with zero attached hydrogens (tertiary/aromatic N) is 6. The first-order valence-electron chi connectivity index (χ1n) is 6.70. The molecule has 0 saturated carbocycles. The van der Waals surface area contributed by atoms with E-state index in [1.807, 2.05) is 4.90 Å². The molecule has 9 heteroatoms. The lowest BCUT2D eigenvalue weighted by molar-refractivity contribution is -0.119. The van der Waals surface area contributed by atoms with Gasteiger partial charge >= 0.3 is 0 Å². The van der Waals surface area contributed by atoms with Gasteiger partial charge in [0.2, 0.25) is 23.8 Å². The molecule has 1 aliphatic rings. The smallest absolute Gasteiger partial charge is 0.241 e. The quantitative estimate of drug-likeness (QED) is 0.779. The van der Waals surface area contributed by atoms with Gasteiger partial charge in [0.1, 0.15) is 6.33 Å². The van der Waals surface area contributed by atoms with Crippen molar-refractivity contribution < 1.29 is 4.79 Å². The Morgan fingerprint density at radius 1 is 1.29 bits per heavy atom. The van der Waals surface area contributed by atoms with Gasteiger partial charge in [-0.25, -0.2) is 4.98 Å². The second kappa shape index (κ2) is 5.73. The molecule has 110 valence electrons. The minimum Gasteiger partial charge on any atom is -0.357 e. The molecule has 0 atom stereocenters. The van der Waals surface area contributed by atoms with Crippen LogP contribution in [0.4, 0.5) is 11.9 Å². The molecule has 2 aromatic rings. The van der Waals surface area contributed by atoms with E-state index in [0.29, 0.717) is 24.4 Å². The Kier molecular flexibility index (Phi) is 3.63. The van der Waals surface area contributed by atoms with Gasteiger partial charge in [-0.05, 0) is 6.42 Å². The summed E-state index contributed by atoms with van der Waals surface area (Å²) in [4.78, 5) is 30.6. The maximum Gasteiger partial charge on any atom is 0.241 e. The van der Waals surface area contributed by atoms with E-state index in [-0.39, 0.29) is 12.5 Å². The highest BCUT2D eigenvalue weighted by atomic mass is 16.2. The van der Waals surface area contributed by atoms with Gasteiger partial charge in [-0.2, -0.15) is 15.0 Å². The molecule has 21 heavy (non-hydrogen) atoms. The average molecular weight is 288 g/mol. The highest BCUT2D eigenvalue weighted by Crippen LogP contribution is 2.14. The van der Waals surface area contributed by atoms with Crippen molar-refractivity contribution in [2.45, 2.75) is 6.42 Å². The first-order valence-corrected chi connectivity index (χ1v) is 6.70. The van der Waals surface area contributed by atoms with E-state index < -0.39 is 0 Å². The summed E-state index contributed by atoms with van der Waals surface area (Å²) in [6.07, 6.45) is 5.88. The van der Waals surface area contributed by atoms with Crippen LogP contribution in [0.1, 0.15) is 6.42 Å². The largest absolute Gasteiger partial charge is 0.357 e. The van der Waals surface area contributed by atoms with Crippen molar-refractivity contribution >= 4 is 17.8 Å². The molecule has 0 bridgehead atoms. The van der Waals surface area contributed by atoms with Crippen LogP contribution in [0.15, 0.2) is 18.7 Å². The summed E-state index contributed by atoms with van der Waals surface area (Å²) >= 11 is 0. The normalized spacial score (nSPS) is 15.5. The summed E-state index contributed by atoms with van der Waals surface area (Å²) in [5, 5.41) is 5.74. The molecule has 0 radical (unpaired) electrons. The number of imidazole rings is 1. The van der Waals surface area contributed by atoms with Gasteiger partial charge in [0, 0.05) is 32.5 Å². The Morgan fingerprint density at radius 2 is 2.14 bits per heavy atom. The van der Waals surface area contributed by atoms with Gasteiger partial charge in [0.25, 0.3) is 0 Å². The molecule has 1 aliphatic heterocycles. The van der Waals surface area contributed by atoms with Crippen LogP contribution in [0.5, 0.6) is 0 Å². The molecule has 3 rings (SSSR count). The van der Waals surface area contributed by atoms with Crippen LogP contribution < -0.4 is 15.5 Å². The molecule has 2 aromatic heterocycles. The number of rotatable bonds is 3. The highest BCUT2D eigenvalue weighted by Gasteiger charge is 2.19. The molecule has 1 saturated heterocycles. The second-order valence-corrected chi connectivity index (χ2v) is 4.60. The fourth-order valence-electron chi connectivity index (χ4n) is 2.08. The summed E-state index contributed by atoms with van der Waals surface area (Å²) in [6, 6.07) is 0. The minimum atomic E-state index is -0.0249. The Balaban J connectivity index is 1.97. The second-order valence-electron chi connectivity index (χ2n) is 4.60. The standard InChI is InChI=1S/C12H16N8O/c1-13-10-16-11(19-5-2-3-15-9(21)7-19)18-12(17-10)20-6-4-14-8-20/h4,6,8H,2-3,5,7H2,1H3,(H,15,21)(H,13,16,17,18). The summed E-state index contributed by atoms with van der Waals surface area (Å²) in [6.45, 7) is 1.64. The third kappa shape index (κ3) is 2.91. The highest BCUT2D eigenvalue weighted by molar-refractivity contribution is 5.81. The lowest BCUT2D eigenvalue weighted by Crippen LogP contribution is -2.34. The first kappa shape index (κ1) is 13.3. The van der Waals surface area contributed by atoms with Crippen molar-refractivity contribution in [1.29, 1.82) is 0 Å². The maximum atomic E-state index is 11.7. The van der Waals surface area contributed by atoms with Gasteiger partial charge in [-0.1, -0.05) is 0 Å². The molecule has 0 unspecified atom stereocenters. The van der Waals surface area contributed by atoms with E-state index in [0.717, 1.165) is 13.0 Å². The van der Waals surface area contributed by atoms with Crippen molar-refractivity contribution in [2.75, 3.05) is 36.9 Å². The predicted octanol–water partition coefficient (Wildman–Crippen LogP) is -0.575. The van der Waals surface area contributed by atoms with Crippen LogP contribution in [-0.4, -0.2) is 57.1 Å². The van der Waals surface area contributed by atoms with Crippen molar-refractivity contribution in [3.63, 3.8) is 0 Å². The zero-order valence-electron chi connectivity index (χ0n) is 11.7. The molecule has 0 spiro atoms. The molecule has 9 nitrogen and oxygen atoms in total. The molecular weight excluding hydrogens is 272 g/mol. The summed E-state index contributed by atoms with van der Waals surface area (Å²) < 4.78 is 1.70. The van der Waals surface area contributed by atoms with Crippen molar-refractivity contribution in [3.8, 4) is 5.95 Å². The van der Waals surface area contributed by atoms with Crippen molar-refractivity contribution in [1.82, 2.24) is 29.8 Å². The summed E-state index contributed by atoms with van der Waals surface area (Å²) in [7, 11) is 1.74. The van der Waals surface area contributed by atoms with Crippen LogP contribution in [0.3, 0.4) is 0 Å². The van der Waals surface area contributed by atoms with Gasteiger partial charge in [0.05, 0.1) is 6.54 Å².